The summed E-state index contributed by atoms with van der Waals surface area (Å²) in [5.41, 5.74) is 0. The summed E-state index contributed by atoms with van der Waals surface area (Å²) < 4.78 is 48.9. The molecule has 7 heteroatoms. The fourth-order valence-corrected chi connectivity index (χ4v) is 2.23. The molecule has 0 amide bonds. The third kappa shape index (κ3) is 3.84. The van der Waals surface area contributed by atoms with Crippen molar-refractivity contribution in [2.75, 3.05) is 12.3 Å². The number of halogens is 4. The summed E-state index contributed by atoms with van der Waals surface area (Å²) in [6.45, 7) is 0.815. The molecule has 1 unspecified atom stereocenters. The second kappa shape index (κ2) is 5.75. The van der Waals surface area contributed by atoms with Crippen molar-refractivity contribution >= 4 is 16.9 Å². The first kappa shape index (κ1) is 13.6. The molecule has 0 aromatic rings. The lowest BCUT2D eigenvalue weighted by molar-refractivity contribution is -0.119. The Labute approximate surface area is 95.9 Å². The Morgan fingerprint density at radius 1 is 1.56 bits per heavy atom. The van der Waals surface area contributed by atoms with Crippen LogP contribution < -0.4 is 5.32 Å². The zero-order valence-electron chi connectivity index (χ0n) is 8.85. The maximum atomic E-state index is 12.6. The molecule has 1 atom stereocenters. The lowest BCUT2D eigenvalue weighted by atomic mass is 10.2. The van der Waals surface area contributed by atoms with E-state index in [1.807, 2.05) is 6.92 Å². The highest BCUT2D eigenvalue weighted by Gasteiger charge is 2.40. The minimum Gasteiger partial charge on any atom is -0.362 e. The molecule has 94 valence electrons. The first-order valence-electron chi connectivity index (χ1n) is 5.05. The van der Waals surface area contributed by atoms with Gasteiger partial charge in [-0.05, 0) is 12.8 Å². The highest BCUT2D eigenvalue weighted by Crippen LogP contribution is 2.24. The zero-order valence-corrected chi connectivity index (χ0v) is 9.67. The van der Waals surface area contributed by atoms with Crippen molar-refractivity contribution in [2.45, 2.75) is 38.2 Å². The SMILES string of the molecule is CCC1CCSC(=NCC(F)(F)C(F)F)N1. The van der Waals surface area contributed by atoms with Gasteiger partial charge in [0.05, 0.1) is 0 Å². The normalized spacial score (nSPS) is 24.9. The predicted octanol–water partition coefficient (Wildman–Crippen LogP) is 2.75. The van der Waals surface area contributed by atoms with E-state index in [0.29, 0.717) is 5.17 Å². The Hall–Kier alpha value is -0.460. The minimum atomic E-state index is -4.03. The van der Waals surface area contributed by atoms with Crippen LogP contribution in [0.25, 0.3) is 0 Å². The number of alkyl halides is 4. The van der Waals surface area contributed by atoms with Crippen molar-refractivity contribution in [3.8, 4) is 0 Å². The van der Waals surface area contributed by atoms with Crippen molar-refractivity contribution in [2.24, 2.45) is 4.99 Å². The van der Waals surface area contributed by atoms with Crippen molar-refractivity contribution in [3.63, 3.8) is 0 Å². The number of amidine groups is 1. The Bertz CT molecular complexity index is 258. The Morgan fingerprint density at radius 2 is 2.25 bits per heavy atom. The predicted molar refractivity (Wildman–Crippen MR) is 57.5 cm³/mol. The molecule has 0 aromatic carbocycles. The Balaban J connectivity index is 2.50. The molecule has 1 heterocycles. The van der Waals surface area contributed by atoms with E-state index in [9.17, 15) is 17.6 Å². The molecule has 2 nitrogen and oxygen atoms in total. The number of aliphatic imine (C=N–C) groups is 1. The molecular weight excluding hydrogens is 244 g/mol. The summed E-state index contributed by atoms with van der Waals surface area (Å²) >= 11 is 1.30. The molecule has 1 rings (SSSR count). The molecule has 1 aliphatic rings. The van der Waals surface area contributed by atoms with Crippen LogP contribution in [0.2, 0.25) is 0 Å². The van der Waals surface area contributed by atoms with Gasteiger partial charge in [-0.25, -0.2) is 8.78 Å². The summed E-state index contributed by atoms with van der Waals surface area (Å²) in [6, 6.07) is 0.208. The summed E-state index contributed by atoms with van der Waals surface area (Å²) in [4.78, 5) is 3.51. The van der Waals surface area contributed by atoms with Gasteiger partial charge in [0.15, 0.2) is 5.17 Å². The largest absolute Gasteiger partial charge is 0.362 e. The van der Waals surface area contributed by atoms with E-state index in [0.717, 1.165) is 18.6 Å². The third-order valence-electron chi connectivity index (χ3n) is 2.28. The molecule has 0 radical (unpaired) electrons. The Morgan fingerprint density at radius 3 is 2.81 bits per heavy atom. The second-order valence-electron chi connectivity index (χ2n) is 3.57. The van der Waals surface area contributed by atoms with Crippen LogP contribution in [-0.2, 0) is 0 Å². The maximum absolute atomic E-state index is 12.6. The molecule has 0 saturated carbocycles. The highest BCUT2D eigenvalue weighted by atomic mass is 32.2. The van der Waals surface area contributed by atoms with Crippen molar-refractivity contribution in [1.82, 2.24) is 5.32 Å². The molecule has 0 bridgehead atoms. The molecule has 1 saturated heterocycles. The van der Waals surface area contributed by atoms with Crippen LogP contribution in [0.3, 0.4) is 0 Å². The van der Waals surface area contributed by atoms with Crippen LogP contribution in [0, 0.1) is 0 Å². The molecule has 0 aliphatic carbocycles. The van der Waals surface area contributed by atoms with Crippen LogP contribution in [-0.4, -0.2) is 35.9 Å². The molecule has 0 spiro atoms. The number of nitrogens with zero attached hydrogens (tertiary/aromatic N) is 1. The van der Waals surface area contributed by atoms with Gasteiger partial charge in [0, 0.05) is 11.8 Å². The van der Waals surface area contributed by atoms with Crippen LogP contribution in [0.15, 0.2) is 4.99 Å². The van der Waals surface area contributed by atoms with Crippen LogP contribution >= 0.6 is 11.8 Å². The molecular formula is C9H14F4N2S. The summed E-state index contributed by atoms with van der Waals surface area (Å²) in [7, 11) is 0. The quantitative estimate of drug-likeness (QED) is 0.784. The number of hydrogen-bond donors (Lipinski definition) is 1. The summed E-state index contributed by atoms with van der Waals surface area (Å²) in [5.74, 6) is -3.25. The fourth-order valence-electron chi connectivity index (χ4n) is 1.23. The number of thioether (sulfide) groups is 1. The number of rotatable bonds is 4. The first-order chi connectivity index (χ1) is 7.45. The van der Waals surface area contributed by atoms with Crippen LogP contribution in [0.4, 0.5) is 17.6 Å². The lowest BCUT2D eigenvalue weighted by Gasteiger charge is -2.24. The van der Waals surface area contributed by atoms with Gasteiger partial charge < -0.3 is 5.32 Å². The van der Waals surface area contributed by atoms with Gasteiger partial charge in [-0.15, -0.1) is 0 Å². The average molecular weight is 258 g/mol. The summed E-state index contributed by atoms with van der Waals surface area (Å²) in [6.07, 6.45) is -1.86. The van der Waals surface area contributed by atoms with Gasteiger partial charge in [-0.1, -0.05) is 18.7 Å². The van der Waals surface area contributed by atoms with Gasteiger partial charge in [0.2, 0.25) is 0 Å². The number of nitrogens with one attached hydrogen (secondary N) is 1. The summed E-state index contributed by atoms with van der Waals surface area (Å²) in [5, 5.41) is 3.30. The minimum absolute atomic E-state index is 0.208. The van der Waals surface area contributed by atoms with Gasteiger partial charge in [0.25, 0.3) is 0 Å². The monoisotopic (exact) mass is 258 g/mol. The molecule has 16 heavy (non-hydrogen) atoms. The van der Waals surface area contributed by atoms with Gasteiger partial charge >= 0.3 is 12.3 Å². The Kier molecular flexibility index (Phi) is 4.89. The topological polar surface area (TPSA) is 24.4 Å². The standard InChI is InChI=1S/C9H14F4N2S/c1-2-6-3-4-16-8(15-6)14-5-9(12,13)7(10)11/h6-7H,2-5H2,1H3,(H,14,15). The van der Waals surface area contributed by atoms with Gasteiger partial charge in [-0.3, -0.25) is 4.99 Å². The first-order valence-corrected chi connectivity index (χ1v) is 6.04. The van der Waals surface area contributed by atoms with E-state index in [2.05, 4.69) is 10.3 Å². The van der Waals surface area contributed by atoms with Crippen LogP contribution in [0.1, 0.15) is 19.8 Å². The molecule has 0 aromatic heterocycles. The molecule has 1 aliphatic heterocycles. The van der Waals surface area contributed by atoms with E-state index in [4.69, 9.17) is 0 Å². The second-order valence-corrected chi connectivity index (χ2v) is 4.65. The van der Waals surface area contributed by atoms with Gasteiger partial charge in [-0.2, -0.15) is 8.78 Å². The van der Waals surface area contributed by atoms with E-state index in [-0.39, 0.29) is 6.04 Å². The molecule has 1 N–H and O–H groups in total. The van der Waals surface area contributed by atoms with Crippen molar-refractivity contribution < 1.29 is 17.6 Å². The maximum Gasteiger partial charge on any atom is 0.326 e. The third-order valence-corrected chi connectivity index (χ3v) is 3.24. The van der Waals surface area contributed by atoms with E-state index >= 15 is 0 Å². The van der Waals surface area contributed by atoms with Crippen molar-refractivity contribution in [3.05, 3.63) is 0 Å². The van der Waals surface area contributed by atoms with Crippen LogP contribution in [0.5, 0.6) is 0 Å². The fraction of sp³-hybridized carbons (Fsp3) is 0.889. The average Bonchev–Trinajstić information content (AvgIpc) is 2.26. The zero-order chi connectivity index (χ0) is 12.2. The lowest BCUT2D eigenvalue weighted by Crippen LogP contribution is -2.38. The van der Waals surface area contributed by atoms with Crippen molar-refractivity contribution in [1.29, 1.82) is 0 Å². The van der Waals surface area contributed by atoms with E-state index < -0.39 is 18.9 Å². The highest BCUT2D eigenvalue weighted by molar-refractivity contribution is 8.13. The van der Waals surface area contributed by atoms with E-state index in [1.165, 1.54) is 11.8 Å². The van der Waals surface area contributed by atoms with Gasteiger partial charge in [0.1, 0.15) is 6.54 Å². The van der Waals surface area contributed by atoms with E-state index in [1.54, 1.807) is 0 Å². The number of hydrogen-bond acceptors (Lipinski definition) is 2. The molecule has 1 fully saturated rings. The smallest absolute Gasteiger partial charge is 0.326 e.